The van der Waals surface area contributed by atoms with Crippen LogP contribution >= 0.6 is 0 Å². The summed E-state index contributed by atoms with van der Waals surface area (Å²) in [5.41, 5.74) is 7.89. The summed E-state index contributed by atoms with van der Waals surface area (Å²) in [7, 11) is 1.63. The van der Waals surface area contributed by atoms with Gasteiger partial charge < -0.3 is 15.3 Å². The summed E-state index contributed by atoms with van der Waals surface area (Å²) in [4.78, 5) is 22.2. The average Bonchev–Trinajstić information content (AvgIpc) is 2.64. The van der Waals surface area contributed by atoms with Gasteiger partial charge in [-0.25, -0.2) is 4.79 Å². The molecule has 0 amide bonds. The molecule has 0 aliphatic carbocycles. The van der Waals surface area contributed by atoms with Gasteiger partial charge in [-0.1, -0.05) is 13.0 Å². The molecule has 0 spiro atoms. The number of fused-ring (bicyclic) bond motifs is 1. The Labute approximate surface area is 109 Å². The Morgan fingerprint density at radius 2 is 2.21 bits per heavy atom. The van der Waals surface area contributed by atoms with Gasteiger partial charge in [-0.3, -0.25) is 9.36 Å². The smallest absolute Gasteiger partial charge is 0.419 e. The number of aryl methyl sites for hydroxylation is 1. The highest BCUT2D eigenvalue weighted by Gasteiger charge is 2.17. The Morgan fingerprint density at radius 1 is 1.53 bits per heavy atom. The van der Waals surface area contributed by atoms with Gasteiger partial charge >= 0.3 is 11.7 Å². The fourth-order valence-electron chi connectivity index (χ4n) is 2.00. The summed E-state index contributed by atoms with van der Waals surface area (Å²) in [5, 5.41) is 8.87. The molecule has 1 aromatic heterocycles. The first-order valence-electron chi connectivity index (χ1n) is 5.98. The number of hydrogen-bond acceptors (Lipinski definition) is 4. The molecule has 3 N–H and O–H groups in total. The quantitative estimate of drug-likeness (QED) is 0.865. The summed E-state index contributed by atoms with van der Waals surface area (Å²) < 4.78 is 6.48. The van der Waals surface area contributed by atoms with Gasteiger partial charge in [0.2, 0.25) is 0 Å². The highest BCUT2D eigenvalue weighted by Crippen LogP contribution is 2.23. The Bertz CT molecular complexity index is 671. The molecule has 0 fully saturated rings. The van der Waals surface area contributed by atoms with Gasteiger partial charge in [0.15, 0.2) is 5.58 Å². The predicted octanol–water partition coefficient (Wildman–Crippen LogP) is 1.24. The van der Waals surface area contributed by atoms with Crippen LogP contribution in [0.4, 0.5) is 0 Å². The third-order valence-corrected chi connectivity index (χ3v) is 3.27. The van der Waals surface area contributed by atoms with Crippen LogP contribution in [-0.2, 0) is 11.8 Å². The number of hydrogen-bond donors (Lipinski definition) is 2. The molecule has 6 heteroatoms. The molecule has 0 aliphatic rings. The third kappa shape index (κ3) is 2.53. The molecule has 1 heterocycles. The zero-order valence-corrected chi connectivity index (χ0v) is 10.8. The minimum atomic E-state index is -0.872. The van der Waals surface area contributed by atoms with Crippen LogP contribution in [-0.4, -0.2) is 15.6 Å². The zero-order chi connectivity index (χ0) is 14.2. The highest BCUT2D eigenvalue weighted by molar-refractivity contribution is 5.74. The van der Waals surface area contributed by atoms with Gasteiger partial charge in [0.05, 0.1) is 11.4 Å². The van der Waals surface area contributed by atoms with Gasteiger partial charge in [0.25, 0.3) is 0 Å². The first-order valence-corrected chi connectivity index (χ1v) is 5.98. The number of carboxylic acids is 1. The summed E-state index contributed by atoms with van der Waals surface area (Å²) in [6, 6.07) is 4.83. The van der Waals surface area contributed by atoms with E-state index in [-0.39, 0.29) is 0 Å². The monoisotopic (exact) mass is 264 g/mol. The molecule has 2 unspecified atom stereocenters. The van der Waals surface area contributed by atoms with E-state index in [2.05, 4.69) is 0 Å². The average molecular weight is 264 g/mol. The molecular formula is C13H16N2O4. The molecule has 2 rings (SSSR count). The third-order valence-electron chi connectivity index (χ3n) is 3.27. The Hall–Kier alpha value is -2.08. The van der Waals surface area contributed by atoms with E-state index in [1.807, 2.05) is 0 Å². The molecule has 0 bridgehead atoms. The number of carboxylic acid groups (broad SMARTS) is 1. The standard InChI is InChI=1S/C13H16N2O4/c1-7(12(16)17)5-9(14)8-3-4-10-11(6-8)19-13(18)15(10)2/h3-4,6-7,9H,5,14H2,1-2H3,(H,16,17). The van der Waals surface area contributed by atoms with Crippen molar-refractivity contribution < 1.29 is 14.3 Å². The molecule has 0 aliphatic heterocycles. The van der Waals surface area contributed by atoms with Crippen molar-refractivity contribution in [2.75, 3.05) is 0 Å². The first kappa shape index (κ1) is 13.4. The molecule has 2 atom stereocenters. The van der Waals surface area contributed by atoms with Crippen molar-refractivity contribution in [3.8, 4) is 0 Å². The molecule has 1 aromatic carbocycles. The van der Waals surface area contributed by atoms with Crippen molar-refractivity contribution in [1.82, 2.24) is 4.57 Å². The van der Waals surface area contributed by atoms with E-state index in [1.54, 1.807) is 32.2 Å². The van der Waals surface area contributed by atoms with Gasteiger partial charge in [-0.2, -0.15) is 0 Å². The molecular weight excluding hydrogens is 248 g/mol. The number of carbonyl (C=O) groups is 1. The van der Waals surface area contributed by atoms with Crippen LogP contribution < -0.4 is 11.5 Å². The number of rotatable bonds is 4. The molecule has 19 heavy (non-hydrogen) atoms. The van der Waals surface area contributed by atoms with Crippen molar-refractivity contribution in [3.05, 3.63) is 34.3 Å². The molecule has 2 aromatic rings. The second-order valence-electron chi connectivity index (χ2n) is 4.74. The molecule has 0 saturated heterocycles. The lowest BCUT2D eigenvalue weighted by atomic mass is 9.96. The number of nitrogens with zero attached hydrogens (tertiary/aromatic N) is 1. The summed E-state index contributed by atoms with van der Waals surface area (Å²) in [6.07, 6.45) is 0.331. The van der Waals surface area contributed by atoms with Crippen molar-refractivity contribution in [2.45, 2.75) is 19.4 Å². The Morgan fingerprint density at radius 3 is 2.84 bits per heavy atom. The number of aliphatic carboxylic acids is 1. The normalized spacial score (nSPS) is 14.5. The van der Waals surface area contributed by atoms with Crippen LogP contribution in [0.25, 0.3) is 11.1 Å². The maximum absolute atomic E-state index is 11.4. The van der Waals surface area contributed by atoms with Gasteiger partial charge in [0, 0.05) is 13.1 Å². The van der Waals surface area contributed by atoms with Crippen LogP contribution in [0.5, 0.6) is 0 Å². The molecule has 6 nitrogen and oxygen atoms in total. The minimum Gasteiger partial charge on any atom is -0.481 e. The number of oxazole rings is 1. The van der Waals surface area contributed by atoms with E-state index < -0.39 is 23.7 Å². The van der Waals surface area contributed by atoms with Crippen LogP contribution in [0.15, 0.2) is 27.4 Å². The van der Waals surface area contributed by atoms with E-state index in [0.29, 0.717) is 17.5 Å². The summed E-state index contributed by atoms with van der Waals surface area (Å²) >= 11 is 0. The van der Waals surface area contributed by atoms with Gasteiger partial charge in [-0.05, 0) is 24.1 Å². The lowest BCUT2D eigenvalue weighted by Gasteiger charge is -2.14. The van der Waals surface area contributed by atoms with Crippen LogP contribution in [0.1, 0.15) is 24.9 Å². The Kier molecular flexibility index (Phi) is 3.44. The summed E-state index contributed by atoms with van der Waals surface area (Å²) in [5.74, 6) is -1.82. The topological polar surface area (TPSA) is 98.5 Å². The van der Waals surface area contributed by atoms with E-state index >= 15 is 0 Å². The highest BCUT2D eigenvalue weighted by atomic mass is 16.4. The molecule has 0 radical (unpaired) electrons. The lowest BCUT2D eigenvalue weighted by molar-refractivity contribution is -0.141. The van der Waals surface area contributed by atoms with E-state index in [9.17, 15) is 9.59 Å². The van der Waals surface area contributed by atoms with Crippen molar-refractivity contribution in [2.24, 2.45) is 18.7 Å². The maximum atomic E-state index is 11.4. The van der Waals surface area contributed by atoms with Crippen molar-refractivity contribution >= 4 is 17.1 Å². The van der Waals surface area contributed by atoms with Crippen LogP contribution in [0.3, 0.4) is 0 Å². The van der Waals surface area contributed by atoms with Gasteiger partial charge in [-0.15, -0.1) is 0 Å². The van der Waals surface area contributed by atoms with E-state index in [1.165, 1.54) is 4.57 Å². The molecule has 102 valence electrons. The first-order chi connectivity index (χ1) is 8.90. The second-order valence-corrected chi connectivity index (χ2v) is 4.74. The predicted molar refractivity (Wildman–Crippen MR) is 69.8 cm³/mol. The van der Waals surface area contributed by atoms with E-state index in [4.69, 9.17) is 15.3 Å². The maximum Gasteiger partial charge on any atom is 0.419 e. The van der Waals surface area contributed by atoms with Crippen molar-refractivity contribution in [1.29, 1.82) is 0 Å². The van der Waals surface area contributed by atoms with Gasteiger partial charge in [0.1, 0.15) is 0 Å². The van der Waals surface area contributed by atoms with E-state index in [0.717, 1.165) is 5.56 Å². The number of nitrogens with two attached hydrogens (primary N) is 1. The zero-order valence-electron chi connectivity index (χ0n) is 10.8. The van der Waals surface area contributed by atoms with Crippen LogP contribution in [0, 0.1) is 5.92 Å². The fraction of sp³-hybridized carbons (Fsp3) is 0.385. The summed E-state index contributed by atoms with van der Waals surface area (Å²) in [6.45, 7) is 1.61. The Balaban J connectivity index is 2.30. The van der Waals surface area contributed by atoms with Crippen molar-refractivity contribution in [3.63, 3.8) is 0 Å². The number of benzene rings is 1. The SMILES string of the molecule is CC(CC(N)c1ccc2c(c1)oc(=O)n2C)C(=O)O. The molecule has 0 saturated carbocycles. The minimum absolute atomic E-state index is 0.331. The fourth-order valence-corrected chi connectivity index (χ4v) is 2.00. The van der Waals surface area contributed by atoms with Crippen LogP contribution in [0.2, 0.25) is 0 Å². The largest absolute Gasteiger partial charge is 0.481 e. The number of aromatic nitrogens is 1. The lowest BCUT2D eigenvalue weighted by Crippen LogP contribution is -2.19. The second kappa shape index (κ2) is 4.89.